The predicted octanol–water partition coefficient (Wildman–Crippen LogP) is 4.71. The van der Waals surface area contributed by atoms with E-state index >= 15 is 0 Å². The monoisotopic (exact) mass is 490 g/mol. The van der Waals surface area contributed by atoms with Gasteiger partial charge in [0.15, 0.2) is 0 Å². The van der Waals surface area contributed by atoms with E-state index in [0.717, 1.165) is 22.3 Å². The lowest BCUT2D eigenvalue weighted by atomic mass is 10.00. The molecule has 0 spiro atoms. The standard InChI is InChI=1S/C25H27ClN8O/c1-16(2)23-14-33(25(35)29-19-9-7-18(26)8-10-19)11-12-34(23)24(28-15-27)30-21-5-4-6-22-20(21)13-17(3)31-32-22/h4-10,13,16,23H,11-12,14H2,1-3H3,(H,28,30)(H,29,35). The van der Waals surface area contributed by atoms with Crippen LogP contribution in [0.15, 0.2) is 53.5 Å². The minimum atomic E-state index is -0.174. The number of fused-ring (bicyclic) bond motifs is 1. The second-order valence-corrected chi connectivity index (χ2v) is 9.21. The van der Waals surface area contributed by atoms with Crippen molar-refractivity contribution in [3.63, 3.8) is 0 Å². The maximum Gasteiger partial charge on any atom is 0.321 e. The van der Waals surface area contributed by atoms with Gasteiger partial charge in [-0.25, -0.2) is 4.79 Å². The number of carbonyl (C=O) groups is 1. The van der Waals surface area contributed by atoms with Crippen LogP contribution in [0.3, 0.4) is 0 Å². The lowest BCUT2D eigenvalue weighted by molar-refractivity contribution is 0.120. The summed E-state index contributed by atoms with van der Waals surface area (Å²) < 4.78 is 0. The Morgan fingerprint density at radius 3 is 2.66 bits per heavy atom. The highest BCUT2D eigenvalue weighted by atomic mass is 35.5. The Morgan fingerprint density at radius 1 is 1.17 bits per heavy atom. The van der Waals surface area contributed by atoms with Gasteiger partial charge in [0.25, 0.3) is 0 Å². The molecular formula is C25H27ClN8O. The van der Waals surface area contributed by atoms with Crippen molar-refractivity contribution in [2.75, 3.05) is 30.3 Å². The van der Waals surface area contributed by atoms with Gasteiger partial charge < -0.3 is 20.4 Å². The van der Waals surface area contributed by atoms with E-state index in [4.69, 9.17) is 11.6 Å². The number of nitriles is 1. The molecule has 10 heteroatoms. The van der Waals surface area contributed by atoms with Crippen LogP contribution in [0.5, 0.6) is 0 Å². The summed E-state index contributed by atoms with van der Waals surface area (Å²) in [6, 6.07) is 14.5. The molecule has 1 aromatic heterocycles. The van der Waals surface area contributed by atoms with Gasteiger partial charge in [-0.3, -0.25) is 0 Å². The molecule has 2 N–H and O–H groups in total. The largest absolute Gasteiger partial charge is 0.335 e. The van der Waals surface area contributed by atoms with Crippen LogP contribution < -0.4 is 10.6 Å². The molecule has 0 bridgehead atoms. The summed E-state index contributed by atoms with van der Waals surface area (Å²) >= 11 is 5.94. The molecule has 180 valence electrons. The maximum absolute atomic E-state index is 12.9. The lowest BCUT2D eigenvalue weighted by Crippen LogP contribution is -2.60. The molecule has 9 nitrogen and oxygen atoms in total. The van der Waals surface area contributed by atoms with Gasteiger partial charge in [0, 0.05) is 35.7 Å². The minimum Gasteiger partial charge on any atom is -0.335 e. The molecule has 35 heavy (non-hydrogen) atoms. The van der Waals surface area contributed by atoms with Crippen LogP contribution in [0.4, 0.5) is 16.2 Å². The number of aromatic nitrogens is 2. The summed E-state index contributed by atoms with van der Waals surface area (Å²) in [5, 5.41) is 25.6. The van der Waals surface area contributed by atoms with Crippen molar-refractivity contribution in [2.24, 2.45) is 10.9 Å². The number of amides is 2. The van der Waals surface area contributed by atoms with Crippen LogP contribution in [0, 0.1) is 24.3 Å². The van der Waals surface area contributed by atoms with Crippen molar-refractivity contribution in [3.05, 3.63) is 59.2 Å². The third-order valence-corrected chi connectivity index (χ3v) is 6.25. The second-order valence-electron chi connectivity index (χ2n) is 8.77. The fraction of sp³-hybridized carbons (Fsp3) is 0.320. The zero-order valence-corrected chi connectivity index (χ0v) is 20.6. The van der Waals surface area contributed by atoms with Crippen LogP contribution in [-0.2, 0) is 0 Å². The zero-order valence-electron chi connectivity index (χ0n) is 19.9. The van der Waals surface area contributed by atoms with Crippen molar-refractivity contribution < 1.29 is 4.79 Å². The fourth-order valence-electron chi connectivity index (χ4n) is 4.17. The lowest BCUT2D eigenvalue weighted by Gasteiger charge is -2.44. The first-order valence-corrected chi connectivity index (χ1v) is 11.8. The summed E-state index contributed by atoms with van der Waals surface area (Å²) in [4.78, 5) is 20.9. The molecule has 1 fully saturated rings. The molecule has 0 aliphatic carbocycles. The highest BCUT2D eigenvalue weighted by Crippen LogP contribution is 2.25. The number of guanidine groups is 1. The van der Waals surface area contributed by atoms with Crippen LogP contribution in [0.25, 0.3) is 10.9 Å². The SMILES string of the molecule is Cc1cc2c(N/C(=N/C#N)N3CCN(C(=O)Nc4ccc(Cl)cc4)CC3C(C)C)cccc2nn1. The topological polar surface area (TPSA) is 110 Å². The van der Waals surface area contributed by atoms with E-state index in [1.165, 1.54) is 0 Å². The van der Waals surface area contributed by atoms with Crippen molar-refractivity contribution in [1.82, 2.24) is 20.0 Å². The second kappa shape index (κ2) is 10.6. The minimum absolute atomic E-state index is 0.0455. The molecule has 1 saturated heterocycles. The van der Waals surface area contributed by atoms with E-state index in [1.807, 2.05) is 37.4 Å². The average molecular weight is 491 g/mol. The summed E-state index contributed by atoms with van der Waals surface area (Å²) in [6.07, 6.45) is 1.93. The van der Waals surface area contributed by atoms with E-state index in [1.54, 1.807) is 29.2 Å². The highest BCUT2D eigenvalue weighted by Gasteiger charge is 2.34. The van der Waals surface area contributed by atoms with Gasteiger partial charge in [-0.1, -0.05) is 31.5 Å². The number of nitrogens with zero attached hydrogens (tertiary/aromatic N) is 6. The number of hydrogen-bond donors (Lipinski definition) is 2. The Morgan fingerprint density at radius 2 is 1.94 bits per heavy atom. The van der Waals surface area contributed by atoms with Gasteiger partial charge in [0.05, 0.1) is 22.9 Å². The van der Waals surface area contributed by atoms with Crippen LogP contribution in [-0.4, -0.2) is 57.7 Å². The van der Waals surface area contributed by atoms with Gasteiger partial charge in [0.2, 0.25) is 12.2 Å². The third-order valence-electron chi connectivity index (χ3n) is 6.00. The molecule has 3 aromatic rings. The number of piperazine rings is 1. The van der Waals surface area contributed by atoms with Crippen molar-refractivity contribution >= 4 is 45.9 Å². The number of anilines is 2. The Labute approximate surface area is 209 Å². The zero-order chi connectivity index (χ0) is 24.9. The number of rotatable bonds is 3. The molecule has 1 atom stereocenters. The highest BCUT2D eigenvalue weighted by molar-refractivity contribution is 6.30. The Kier molecular flexibility index (Phi) is 7.32. The van der Waals surface area contributed by atoms with Crippen molar-refractivity contribution in [3.8, 4) is 6.19 Å². The number of nitrogens with one attached hydrogen (secondary N) is 2. The van der Waals surface area contributed by atoms with Gasteiger partial charge in [-0.2, -0.15) is 15.5 Å². The number of benzene rings is 2. The van der Waals surface area contributed by atoms with E-state index in [9.17, 15) is 10.1 Å². The van der Waals surface area contributed by atoms with E-state index in [0.29, 0.717) is 36.3 Å². The Bertz CT molecular complexity index is 1280. The quantitative estimate of drug-likeness (QED) is 0.312. The molecule has 0 radical (unpaired) electrons. The average Bonchev–Trinajstić information content (AvgIpc) is 2.85. The summed E-state index contributed by atoms with van der Waals surface area (Å²) in [5.74, 6) is 0.651. The van der Waals surface area contributed by atoms with Crippen molar-refractivity contribution in [2.45, 2.75) is 26.8 Å². The predicted molar refractivity (Wildman–Crippen MR) is 138 cm³/mol. The number of carbonyl (C=O) groups excluding carboxylic acids is 1. The summed E-state index contributed by atoms with van der Waals surface area (Å²) in [7, 11) is 0. The molecule has 0 saturated carbocycles. The molecule has 1 unspecified atom stereocenters. The molecule has 4 rings (SSSR count). The molecule has 1 aliphatic heterocycles. The molecule has 2 aromatic carbocycles. The Balaban J connectivity index is 1.54. The van der Waals surface area contributed by atoms with Crippen molar-refractivity contribution in [1.29, 1.82) is 5.26 Å². The molecular weight excluding hydrogens is 464 g/mol. The number of halogens is 1. The molecule has 1 aliphatic rings. The number of aliphatic imine (C=N–C) groups is 1. The first kappa shape index (κ1) is 24.2. The number of hydrogen-bond acceptors (Lipinski definition) is 5. The van der Waals surface area contributed by atoms with Crippen LogP contribution in [0.1, 0.15) is 19.5 Å². The summed E-state index contributed by atoms with van der Waals surface area (Å²) in [6.45, 7) is 7.57. The molecule has 2 heterocycles. The smallest absolute Gasteiger partial charge is 0.321 e. The number of aryl methyl sites for hydroxylation is 1. The first-order valence-electron chi connectivity index (χ1n) is 11.4. The van der Waals surface area contributed by atoms with E-state index < -0.39 is 0 Å². The first-order chi connectivity index (χ1) is 16.9. The van der Waals surface area contributed by atoms with Gasteiger partial charge in [0.1, 0.15) is 0 Å². The summed E-state index contributed by atoms with van der Waals surface area (Å²) in [5.41, 5.74) is 3.03. The van der Waals surface area contributed by atoms with Crippen LogP contribution in [0.2, 0.25) is 5.02 Å². The van der Waals surface area contributed by atoms with E-state index in [-0.39, 0.29) is 18.0 Å². The van der Waals surface area contributed by atoms with Gasteiger partial charge >= 0.3 is 6.03 Å². The number of urea groups is 1. The normalized spacial score (nSPS) is 16.3. The Hall–Kier alpha value is -3.90. The fourth-order valence-corrected chi connectivity index (χ4v) is 4.29. The maximum atomic E-state index is 12.9. The molecule has 2 amide bonds. The van der Waals surface area contributed by atoms with Gasteiger partial charge in [-0.15, -0.1) is 4.99 Å². The van der Waals surface area contributed by atoms with Crippen LogP contribution >= 0.6 is 11.6 Å². The van der Waals surface area contributed by atoms with Gasteiger partial charge in [-0.05, 0) is 55.3 Å². The van der Waals surface area contributed by atoms with E-state index in [2.05, 4.69) is 44.6 Å². The third kappa shape index (κ3) is 5.61.